The lowest BCUT2D eigenvalue weighted by Crippen LogP contribution is -2.27. The topological polar surface area (TPSA) is 15.3 Å². The van der Waals surface area contributed by atoms with Gasteiger partial charge in [0, 0.05) is 0 Å². The van der Waals surface area contributed by atoms with Crippen molar-refractivity contribution in [2.75, 3.05) is 32.7 Å². The second-order valence-corrected chi connectivity index (χ2v) is 4.19. The molecule has 0 aliphatic rings. The molecular weight excluding hydrogens is 184 g/mol. The monoisotopic (exact) mass is 214 g/mol. The van der Waals surface area contributed by atoms with Gasteiger partial charge in [0.1, 0.15) is 0 Å². The van der Waals surface area contributed by atoms with Crippen molar-refractivity contribution in [3.8, 4) is 0 Å². The van der Waals surface area contributed by atoms with Crippen molar-refractivity contribution in [3.05, 3.63) is 0 Å². The van der Waals surface area contributed by atoms with E-state index in [9.17, 15) is 0 Å². The largest absolute Gasteiger partial charge is 0.317 e. The van der Waals surface area contributed by atoms with E-state index < -0.39 is 0 Å². The summed E-state index contributed by atoms with van der Waals surface area (Å²) in [5.41, 5.74) is 0. The lowest BCUT2D eigenvalue weighted by Gasteiger charge is -2.17. The van der Waals surface area contributed by atoms with Gasteiger partial charge in [-0.1, -0.05) is 40.0 Å². The first-order chi connectivity index (χ1) is 7.35. The summed E-state index contributed by atoms with van der Waals surface area (Å²) < 4.78 is 0. The lowest BCUT2D eigenvalue weighted by atomic mass is 10.2. The van der Waals surface area contributed by atoms with Gasteiger partial charge in [-0.05, 0) is 45.6 Å². The van der Waals surface area contributed by atoms with E-state index in [-0.39, 0.29) is 0 Å². The maximum atomic E-state index is 3.52. The third-order valence-corrected chi connectivity index (χ3v) is 2.93. The quantitative estimate of drug-likeness (QED) is 0.532. The first-order valence-electron chi connectivity index (χ1n) is 6.78. The van der Waals surface area contributed by atoms with Crippen LogP contribution in [-0.4, -0.2) is 37.6 Å². The van der Waals surface area contributed by atoms with Crippen LogP contribution in [0.4, 0.5) is 0 Å². The molecule has 0 aromatic rings. The molecule has 0 aliphatic carbocycles. The summed E-state index contributed by atoms with van der Waals surface area (Å²) in [6.07, 6.45) is 6.75. The Hall–Kier alpha value is -0.0800. The Morgan fingerprint density at radius 2 is 1.47 bits per heavy atom. The van der Waals surface area contributed by atoms with Gasteiger partial charge >= 0.3 is 0 Å². The van der Waals surface area contributed by atoms with Gasteiger partial charge in [-0.2, -0.15) is 0 Å². The van der Waals surface area contributed by atoms with Crippen LogP contribution in [0.25, 0.3) is 0 Å². The molecule has 2 nitrogen and oxygen atoms in total. The molecule has 0 aliphatic heterocycles. The average molecular weight is 214 g/mol. The van der Waals surface area contributed by atoms with E-state index >= 15 is 0 Å². The molecule has 0 saturated carbocycles. The van der Waals surface area contributed by atoms with Crippen molar-refractivity contribution in [2.45, 2.75) is 52.9 Å². The molecular formula is C13H30N2. The summed E-state index contributed by atoms with van der Waals surface area (Å²) in [4.78, 5) is 2.48. The predicted molar refractivity (Wildman–Crippen MR) is 69.4 cm³/mol. The van der Waals surface area contributed by atoms with E-state index in [1.807, 2.05) is 0 Å². The Balaban J connectivity index is 3.04. The van der Waals surface area contributed by atoms with Crippen molar-refractivity contribution in [2.24, 2.45) is 0 Å². The highest BCUT2D eigenvalue weighted by Gasteiger charge is 1.97. The van der Waals surface area contributed by atoms with Crippen molar-refractivity contribution in [3.63, 3.8) is 0 Å². The summed E-state index contributed by atoms with van der Waals surface area (Å²) in [5.74, 6) is 0. The zero-order valence-corrected chi connectivity index (χ0v) is 11.0. The minimum Gasteiger partial charge on any atom is -0.317 e. The van der Waals surface area contributed by atoms with E-state index in [0.29, 0.717) is 0 Å². The molecule has 0 aromatic carbocycles. The van der Waals surface area contributed by atoms with Crippen LogP contribution in [0.3, 0.4) is 0 Å². The molecule has 1 N–H and O–H groups in total. The zero-order valence-electron chi connectivity index (χ0n) is 11.0. The molecule has 15 heavy (non-hydrogen) atoms. The zero-order chi connectivity index (χ0) is 11.4. The number of unbranched alkanes of at least 4 members (excludes halogenated alkanes) is 3. The Bertz CT molecular complexity index is 111. The number of rotatable bonds is 11. The number of hydrogen-bond acceptors (Lipinski definition) is 2. The highest BCUT2D eigenvalue weighted by molar-refractivity contribution is 4.55. The van der Waals surface area contributed by atoms with Gasteiger partial charge in [-0.25, -0.2) is 0 Å². The molecule has 0 spiro atoms. The Morgan fingerprint density at radius 1 is 0.800 bits per heavy atom. The van der Waals surface area contributed by atoms with Gasteiger partial charge in [0.05, 0.1) is 0 Å². The molecule has 0 amide bonds. The maximum Gasteiger partial charge on any atom is -0.000687 e. The van der Waals surface area contributed by atoms with E-state index in [4.69, 9.17) is 0 Å². The maximum absolute atomic E-state index is 3.52. The van der Waals surface area contributed by atoms with Gasteiger partial charge in [0.25, 0.3) is 0 Å². The van der Waals surface area contributed by atoms with Crippen LogP contribution in [0.1, 0.15) is 52.9 Å². The van der Waals surface area contributed by atoms with E-state index in [1.165, 1.54) is 64.8 Å². The van der Waals surface area contributed by atoms with Gasteiger partial charge < -0.3 is 10.2 Å². The van der Waals surface area contributed by atoms with Gasteiger partial charge in [0.15, 0.2) is 0 Å². The smallest absolute Gasteiger partial charge is 0.000687 e. The fourth-order valence-electron chi connectivity index (χ4n) is 1.77. The van der Waals surface area contributed by atoms with Crippen molar-refractivity contribution in [1.82, 2.24) is 10.2 Å². The minimum atomic E-state index is 1.18. The first-order valence-corrected chi connectivity index (χ1v) is 6.78. The Kier molecular flexibility index (Phi) is 11.9. The predicted octanol–water partition coefficient (Wildman–Crippen LogP) is 2.89. The second kappa shape index (κ2) is 12.0. The van der Waals surface area contributed by atoms with Crippen LogP contribution >= 0.6 is 0 Å². The normalized spacial score (nSPS) is 11.2. The van der Waals surface area contributed by atoms with Crippen LogP contribution in [0.5, 0.6) is 0 Å². The van der Waals surface area contributed by atoms with Crippen LogP contribution < -0.4 is 5.32 Å². The molecule has 0 saturated heterocycles. The van der Waals surface area contributed by atoms with Crippen molar-refractivity contribution in [1.29, 1.82) is 0 Å². The molecule has 92 valence electrons. The fraction of sp³-hybridized carbons (Fsp3) is 1.00. The molecule has 0 heterocycles. The number of nitrogens with one attached hydrogen (secondary N) is 1. The average Bonchev–Trinajstić information content (AvgIpc) is 2.27. The van der Waals surface area contributed by atoms with Crippen LogP contribution in [0.15, 0.2) is 0 Å². The van der Waals surface area contributed by atoms with E-state index in [1.54, 1.807) is 0 Å². The molecule has 0 atom stereocenters. The molecule has 0 radical (unpaired) electrons. The SMILES string of the molecule is CCCCCCNCCCN(CC)CC. The lowest BCUT2D eigenvalue weighted by molar-refractivity contribution is 0.298. The number of hydrogen-bond donors (Lipinski definition) is 1. The summed E-state index contributed by atoms with van der Waals surface area (Å²) in [5, 5.41) is 3.52. The molecule has 0 unspecified atom stereocenters. The summed E-state index contributed by atoms with van der Waals surface area (Å²) in [6.45, 7) is 12.7. The van der Waals surface area contributed by atoms with Crippen molar-refractivity contribution < 1.29 is 0 Å². The van der Waals surface area contributed by atoms with Gasteiger partial charge in [-0.15, -0.1) is 0 Å². The molecule has 0 fully saturated rings. The standard InChI is InChI=1S/C13H30N2/c1-4-7-8-9-11-14-12-10-13-15(5-2)6-3/h14H,4-13H2,1-3H3. The van der Waals surface area contributed by atoms with Crippen LogP contribution in [-0.2, 0) is 0 Å². The Labute approximate surface area is 96.4 Å². The third-order valence-electron chi connectivity index (χ3n) is 2.93. The molecule has 0 rings (SSSR count). The summed E-state index contributed by atoms with van der Waals surface area (Å²) in [7, 11) is 0. The summed E-state index contributed by atoms with van der Waals surface area (Å²) in [6, 6.07) is 0. The van der Waals surface area contributed by atoms with Crippen molar-refractivity contribution >= 4 is 0 Å². The highest BCUT2D eigenvalue weighted by Crippen LogP contribution is 1.97. The molecule has 0 bridgehead atoms. The summed E-state index contributed by atoms with van der Waals surface area (Å²) >= 11 is 0. The van der Waals surface area contributed by atoms with Gasteiger partial charge in [0.2, 0.25) is 0 Å². The van der Waals surface area contributed by atoms with Gasteiger partial charge in [-0.3, -0.25) is 0 Å². The van der Waals surface area contributed by atoms with Crippen LogP contribution in [0.2, 0.25) is 0 Å². The highest BCUT2D eigenvalue weighted by atomic mass is 15.1. The minimum absolute atomic E-state index is 1.18. The van der Waals surface area contributed by atoms with Crippen LogP contribution in [0, 0.1) is 0 Å². The first kappa shape index (κ1) is 14.9. The molecule has 0 aromatic heterocycles. The second-order valence-electron chi connectivity index (χ2n) is 4.19. The Morgan fingerprint density at radius 3 is 2.07 bits per heavy atom. The third kappa shape index (κ3) is 10.2. The molecule has 2 heteroatoms. The fourth-order valence-corrected chi connectivity index (χ4v) is 1.77. The van der Waals surface area contributed by atoms with E-state index in [2.05, 4.69) is 31.0 Å². The van der Waals surface area contributed by atoms with E-state index in [0.717, 1.165) is 0 Å². The number of nitrogens with zero attached hydrogens (tertiary/aromatic N) is 1.